The number of amides is 3. The molecular formula is C21H23N3O4. The summed E-state index contributed by atoms with van der Waals surface area (Å²) in [5.74, 6) is -0.812. The van der Waals surface area contributed by atoms with Crippen LogP contribution in [0.1, 0.15) is 29.3 Å². The van der Waals surface area contributed by atoms with Crippen LogP contribution in [0.2, 0.25) is 0 Å². The van der Waals surface area contributed by atoms with E-state index in [0.717, 1.165) is 12.1 Å². The average Bonchev–Trinajstić information content (AvgIpc) is 3.13. The summed E-state index contributed by atoms with van der Waals surface area (Å²) in [6.07, 6.45) is 1.03. The van der Waals surface area contributed by atoms with Gasteiger partial charge in [-0.3, -0.25) is 25.2 Å². The summed E-state index contributed by atoms with van der Waals surface area (Å²) < 4.78 is 5.05. The number of anilines is 1. The van der Waals surface area contributed by atoms with Crippen molar-refractivity contribution in [3.8, 4) is 5.75 Å². The van der Waals surface area contributed by atoms with E-state index < -0.39 is 11.8 Å². The number of hydrogen-bond acceptors (Lipinski definition) is 4. The number of rotatable bonds is 5. The van der Waals surface area contributed by atoms with E-state index in [2.05, 4.69) is 17.8 Å². The lowest BCUT2D eigenvalue weighted by atomic mass is 10.1. The summed E-state index contributed by atoms with van der Waals surface area (Å²) >= 11 is 0. The molecule has 1 atom stereocenters. The highest BCUT2D eigenvalue weighted by Crippen LogP contribution is 2.25. The van der Waals surface area contributed by atoms with E-state index in [1.807, 2.05) is 24.3 Å². The molecule has 2 aromatic rings. The molecule has 28 heavy (non-hydrogen) atoms. The Morgan fingerprint density at radius 2 is 1.75 bits per heavy atom. The smallest absolute Gasteiger partial charge is 0.269 e. The number of hydrazine groups is 1. The first-order valence-electron chi connectivity index (χ1n) is 9.15. The van der Waals surface area contributed by atoms with Gasteiger partial charge in [-0.1, -0.05) is 19.1 Å². The van der Waals surface area contributed by atoms with Crippen molar-refractivity contribution < 1.29 is 19.1 Å². The van der Waals surface area contributed by atoms with Gasteiger partial charge < -0.3 is 9.64 Å². The Balaban J connectivity index is 1.55. The Labute approximate surface area is 163 Å². The maximum absolute atomic E-state index is 12.4. The van der Waals surface area contributed by atoms with Crippen molar-refractivity contribution >= 4 is 23.4 Å². The number of nitrogens with zero attached hydrogens (tertiary/aromatic N) is 1. The SMILES string of the molecule is CCc1ccc(N2C[C@@H](C(=O)NNC(=O)c3ccc(OC)cc3)CC2=O)cc1. The third-order valence-electron chi connectivity index (χ3n) is 4.80. The zero-order valence-electron chi connectivity index (χ0n) is 15.9. The zero-order chi connectivity index (χ0) is 20.1. The lowest BCUT2D eigenvalue weighted by molar-refractivity contribution is -0.126. The van der Waals surface area contributed by atoms with E-state index >= 15 is 0 Å². The van der Waals surface area contributed by atoms with Crippen molar-refractivity contribution in [2.45, 2.75) is 19.8 Å². The van der Waals surface area contributed by atoms with Gasteiger partial charge in [-0.05, 0) is 48.4 Å². The molecule has 1 saturated heterocycles. The quantitative estimate of drug-likeness (QED) is 0.776. The van der Waals surface area contributed by atoms with Gasteiger partial charge in [-0.2, -0.15) is 0 Å². The molecular weight excluding hydrogens is 358 g/mol. The Morgan fingerprint density at radius 3 is 2.36 bits per heavy atom. The van der Waals surface area contributed by atoms with Crippen LogP contribution in [0, 0.1) is 5.92 Å². The average molecular weight is 381 g/mol. The second kappa shape index (κ2) is 8.56. The molecule has 0 aromatic heterocycles. The lowest BCUT2D eigenvalue weighted by Crippen LogP contribution is -2.45. The second-order valence-electron chi connectivity index (χ2n) is 6.60. The molecule has 1 aliphatic heterocycles. The predicted molar refractivity (Wildman–Crippen MR) is 105 cm³/mol. The molecule has 7 heteroatoms. The monoisotopic (exact) mass is 381 g/mol. The van der Waals surface area contributed by atoms with Gasteiger partial charge in [0, 0.05) is 24.2 Å². The first-order valence-corrected chi connectivity index (χ1v) is 9.15. The minimum Gasteiger partial charge on any atom is -0.497 e. The normalized spacial score (nSPS) is 16.0. The van der Waals surface area contributed by atoms with Crippen LogP contribution in [0.25, 0.3) is 0 Å². The maximum Gasteiger partial charge on any atom is 0.269 e. The number of ether oxygens (including phenoxy) is 1. The summed E-state index contributed by atoms with van der Waals surface area (Å²) in [4.78, 5) is 38.4. The number of hydrogen-bond donors (Lipinski definition) is 2. The molecule has 3 amide bonds. The highest BCUT2D eigenvalue weighted by atomic mass is 16.5. The Bertz CT molecular complexity index is 862. The Hall–Kier alpha value is -3.35. The molecule has 1 fully saturated rings. The van der Waals surface area contributed by atoms with Crippen LogP contribution in [0.4, 0.5) is 5.69 Å². The molecule has 2 N–H and O–H groups in total. The number of nitrogens with one attached hydrogen (secondary N) is 2. The largest absolute Gasteiger partial charge is 0.497 e. The molecule has 1 aliphatic rings. The molecule has 0 unspecified atom stereocenters. The fraction of sp³-hybridized carbons (Fsp3) is 0.286. The summed E-state index contributed by atoms with van der Waals surface area (Å²) in [5, 5.41) is 0. The molecule has 0 spiro atoms. The van der Waals surface area contributed by atoms with Crippen molar-refractivity contribution in [3.63, 3.8) is 0 Å². The summed E-state index contributed by atoms with van der Waals surface area (Å²) in [5.41, 5.74) is 7.16. The number of carbonyl (C=O) groups excluding carboxylic acids is 3. The van der Waals surface area contributed by atoms with Gasteiger partial charge in [0.1, 0.15) is 5.75 Å². The fourth-order valence-electron chi connectivity index (χ4n) is 3.08. The molecule has 0 aliphatic carbocycles. The molecule has 7 nitrogen and oxygen atoms in total. The summed E-state index contributed by atoms with van der Waals surface area (Å²) in [6, 6.07) is 14.3. The second-order valence-corrected chi connectivity index (χ2v) is 6.60. The third kappa shape index (κ3) is 4.31. The fourth-order valence-corrected chi connectivity index (χ4v) is 3.08. The van der Waals surface area contributed by atoms with Crippen molar-refractivity contribution in [1.29, 1.82) is 0 Å². The maximum atomic E-state index is 12.4. The summed E-state index contributed by atoms with van der Waals surface area (Å²) in [6.45, 7) is 2.35. The molecule has 0 radical (unpaired) electrons. The van der Waals surface area contributed by atoms with E-state index in [9.17, 15) is 14.4 Å². The van der Waals surface area contributed by atoms with Crippen LogP contribution in [0.3, 0.4) is 0 Å². The van der Waals surface area contributed by atoms with Gasteiger partial charge in [0.15, 0.2) is 0 Å². The van der Waals surface area contributed by atoms with Crippen molar-refractivity contribution in [3.05, 3.63) is 59.7 Å². The van der Waals surface area contributed by atoms with Gasteiger partial charge >= 0.3 is 0 Å². The van der Waals surface area contributed by atoms with Gasteiger partial charge in [-0.25, -0.2) is 0 Å². The van der Waals surface area contributed by atoms with E-state index in [4.69, 9.17) is 4.74 Å². The molecule has 1 heterocycles. The zero-order valence-corrected chi connectivity index (χ0v) is 15.9. The van der Waals surface area contributed by atoms with Gasteiger partial charge in [0.05, 0.1) is 13.0 Å². The number of carbonyl (C=O) groups is 3. The third-order valence-corrected chi connectivity index (χ3v) is 4.80. The van der Waals surface area contributed by atoms with Gasteiger partial charge in [0.2, 0.25) is 11.8 Å². The van der Waals surface area contributed by atoms with Crippen molar-refractivity contribution in [1.82, 2.24) is 10.9 Å². The first-order chi connectivity index (χ1) is 13.5. The minimum atomic E-state index is -0.519. The van der Waals surface area contributed by atoms with Crippen LogP contribution in [0.15, 0.2) is 48.5 Å². The highest BCUT2D eigenvalue weighted by Gasteiger charge is 2.35. The van der Waals surface area contributed by atoms with E-state index in [1.165, 1.54) is 5.56 Å². The number of benzene rings is 2. The molecule has 2 aromatic carbocycles. The van der Waals surface area contributed by atoms with Crippen LogP contribution >= 0.6 is 0 Å². The molecule has 0 bridgehead atoms. The van der Waals surface area contributed by atoms with Crippen LogP contribution in [0.5, 0.6) is 5.75 Å². The lowest BCUT2D eigenvalue weighted by Gasteiger charge is -2.17. The standard InChI is InChI=1S/C21H23N3O4/c1-3-14-4-8-17(9-5-14)24-13-16(12-19(24)25)21(27)23-22-20(26)15-6-10-18(28-2)11-7-15/h4-11,16H,3,12-13H2,1-2H3,(H,22,26)(H,23,27)/t16-/m0/s1. The number of aryl methyl sites for hydroxylation is 1. The van der Waals surface area contributed by atoms with E-state index in [-0.39, 0.29) is 24.8 Å². The predicted octanol–water partition coefficient (Wildman–Crippen LogP) is 2.07. The Morgan fingerprint density at radius 1 is 1.07 bits per heavy atom. The summed E-state index contributed by atoms with van der Waals surface area (Å²) in [7, 11) is 1.54. The number of methoxy groups -OCH3 is 1. The topological polar surface area (TPSA) is 87.7 Å². The van der Waals surface area contributed by atoms with Crippen LogP contribution in [-0.2, 0) is 16.0 Å². The minimum absolute atomic E-state index is 0.106. The first kappa shape index (κ1) is 19.4. The molecule has 0 saturated carbocycles. The van der Waals surface area contributed by atoms with Crippen molar-refractivity contribution in [2.75, 3.05) is 18.6 Å². The van der Waals surface area contributed by atoms with Gasteiger partial charge in [-0.15, -0.1) is 0 Å². The van der Waals surface area contributed by atoms with Gasteiger partial charge in [0.25, 0.3) is 5.91 Å². The van der Waals surface area contributed by atoms with Crippen molar-refractivity contribution in [2.24, 2.45) is 5.92 Å². The Kier molecular flexibility index (Phi) is 5.93. The molecule has 3 rings (SSSR count). The van der Waals surface area contributed by atoms with Crippen LogP contribution < -0.4 is 20.5 Å². The highest BCUT2D eigenvalue weighted by molar-refractivity contribution is 6.01. The van der Waals surface area contributed by atoms with E-state index in [1.54, 1.807) is 36.3 Å². The van der Waals surface area contributed by atoms with Crippen LogP contribution in [-0.4, -0.2) is 31.4 Å². The van der Waals surface area contributed by atoms with E-state index in [0.29, 0.717) is 11.3 Å². The molecule has 146 valence electrons.